The van der Waals surface area contributed by atoms with E-state index in [-0.39, 0.29) is 24.4 Å². The number of amides is 2. The van der Waals surface area contributed by atoms with Crippen molar-refractivity contribution in [2.75, 3.05) is 16.3 Å². The van der Waals surface area contributed by atoms with Gasteiger partial charge >= 0.3 is 0 Å². The highest BCUT2D eigenvalue weighted by molar-refractivity contribution is 6.08. The minimum absolute atomic E-state index is 0.0908. The van der Waals surface area contributed by atoms with Gasteiger partial charge in [0.25, 0.3) is 0 Å². The number of nitrogens with zero attached hydrogens (tertiary/aromatic N) is 4. The molecule has 0 radical (unpaired) electrons. The first-order chi connectivity index (χ1) is 21.5. The SMILES string of the molecule is CC(C)N(C(=O)CN1C(=O)C(Cc2c[nH]c3ccccc23)c2cnc(-c3ccccc3)n2-c2ccccc21)c1ccccc1. The molecule has 3 heterocycles. The third-order valence-electron chi connectivity index (χ3n) is 8.37. The van der Waals surface area contributed by atoms with Crippen molar-refractivity contribution in [3.05, 3.63) is 133 Å². The molecule has 44 heavy (non-hydrogen) atoms. The first kappa shape index (κ1) is 27.4. The quantitative estimate of drug-likeness (QED) is 0.219. The molecular weight excluding hydrogens is 546 g/mol. The summed E-state index contributed by atoms with van der Waals surface area (Å²) in [5.41, 5.74) is 6.11. The van der Waals surface area contributed by atoms with Gasteiger partial charge in [0.2, 0.25) is 11.8 Å². The van der Waals surface area contributed by atoms with Crippen LogP contribution in [-0.4, -0.2) is 38.9 Å². The summed E-state index contributed by atoms with van der Waals surface area (Å²) >= 11 is 0. The second kappa shape index (κ2) is 11.3. The third-order valence-corrected chi connectivity index (χ3v) is 8.37. The van der Waals surface area contributed by atoms with Gasteiger partial charge in [0, 0.05) is 34.4 Å². The number of fused-ring (bicyclic) bond motifs is 4. The van der Waals surface area contributed by atoms with E-state index in [2.05, 4.69) is 15.6 Å². The number of hydrogen-bond donors (Lipinski definition) is 1. The lowest BCUT2D eigenvalue weighted by Crippen LogP contribution is -2.47. The van der Waals surface area contributed by atoms with Gasteiger partial charge in [-0.1, -0.05) is 78.9 Å². The highest BCUT2D eigenvalue weighted by Crippen LogP contribution is 2.40. The zero-order valence-corrected chi connectivity index (χ0v) is 24.7. The number of para-hydroxylation sites is 4. The molecule has 7 rings (SSSR count). The van der Waals surface area contributed by atoms with Crippen LogP contribution in [-0.2, 0) is 16.0 Å². The van der Waals surface area contributed by atoms with Gasteiger partial charge in [-0.3, -0.25) is 14.2 Å². The van der Waals surface area contributed by atoms with Crippen LogP contribution < -0.4 is 9.80 Å². The molecule has 0 bridgehead atoms. The Morgan fingerprint density at radius 1 is 0.864 bits per heavy atom. The number of nitrogens with one attached hydrogen (secondary N) is 1. The molecular formula is C37H33N5O2. The standard InChI is InChI=1S/C37H33N5O2/c1-25(2)41(28-15-7-4-8-16-28)35(43)24-40-32-19-11-12-20-33(32)42-34(23-39-36(42)26-13-5-3-6-14-26)30(37(40)44)21-27-22-38-31-18-10-9-17-29(27)31/h3-20,22-23,25,30,38H,21,24H2,1-2H3. The second-order valence-electron chi connectivity index (χ2n) is 11.4. The minimum Gasteiger partial charge on any atom is -0.361 e. The van der Waals surface area contributed by atoms with E-state index >= 15 is 0 Å². The lowest BCUT2D eigenvalue weighted by molar-refractivity contribution is -0.123. The molecule has 2 amide bonds. The van der Waals surface area contributed by atoms with Crippen molar-refractivity contribution in [3.8, 4) is 17.1 Å². The van der Waals surface area contributed by atoms with Gasteiger partial charge in [-0.05, 0) is 56.2 Å². The average molecular weight is 580 g/mol. The van der Waals surface area contributed by atoms with Crippen LogP contribution in [0.3, 0.4) is 0 Å². The van der Waals surface area contributed by atoms with E-state index in [0.29, 0.717) is 12.1 Å². The maximum absolute atomic E-state index is 14.8. The molecule has 1 aliphatic heterocycles. The first-order valence-electron chi connectivity index (χ1n) is 15.0. The Morgan fingerprint density at radius 2 is 1.52 bits per heavy atom. The van der Waals surface area contributed by atoms with E-state index in [9.17, 15) is 9.59 Å². The van der Waals surface area contributed by atoms with Gasteiger partial charge in [-0.15, -0.1) is 0 Å². The summed E-state index contributed by atoms with van der Waals surface area (Å²) in [7, 11) is 0. The molecule has 4 aromatic carbocycles. The molecule has 0 fully saturated rings. The molecule has 1 unspecified atom stereocenters. The summed E-state index contributed by atoms with van der Waals surface area (Å²) in [6.07, 6.45) is 4.26. The normalized spacial score (nSPS) is 14.4. The topological polar surface area (TPSA) is 74.2 Å². The van der Waals surface area contributed by atoms with E-state index in [4.69, 9.17) is 4.98 Å². The van der Waals surface area contributed by atoms with Crippen molar-refractivity contribution < 1.29 is 9.59 Å². The number of imidazole rings is 1. The van der Waals surface area contributed by atoms with Crippen LogP contribution in [0.1, 0.15) is 31.0 Å². The van der Waals surface area contributed by atoms with Crippen molar-refractivity contribution >= 4 is 34.1 Å². The lowest BCUT2D eigenvalue weighted by Gasteiger charge is -2.31. The Morgan fingerprint density at radius 3 is 2.27 bits per heavy atom. The monoisotopic (exact) mass is 579 g/mol. The van der Waals surface area contributed by atoms with Gasteiger partial charge < -0.3 is 14.8 Å². The zero-order valence-electron chi connectivity index (χ0n) is 24.7. The number of H-pyrrole nitrogens is 1. The molecule has 0 spiro atoms. The molecule has 2 aromatic heterocycles. The number of carbonyl (C=O) groups excluding carboxylic acids is 2. The molecule has 1 aliphatic rings. The Hall–Kier alpha value is -5.43. The van der Waals surface area contributed by atoms with Crippen LogP contribution in [0.15, 0.2) is 122 Å². The Bertz CT molecular complexity index is 1960. The van der Waals surface area contributed by atoms with E-state index in [1.165, 1.54) is 0 Å². The number of aromatic amines is 1. The van der Waals surface area contributed by atoms with Crippen molar-refractivity contribution in [2.24, 2.45) is 0 Å². The smallest absolute Gasteiger partial charge is 0.247 e. The third kappa shape index (κ3) is 4.76. The molecule has 1 atom stereocenters. The van der Waals surface area contributed by atoms with Crippen molar-refractivity contribution in [1.82, 2.24) is 14.5 Å². The number of aromatic nitrogens is 3. The second-order valence-corrected chi connectivity index (χ2v) is 11.4. The van der Waals surface area contributed by atoms with Crippen LogP contribution in [0.5, 0.6) is 0 Å². The van der Waals surface area contributed by atoms with Crippen LogP contribution in [0, 0.1) is 0 Å². The Balaban J connectivity index is 1.38. The average Bonchev–Trinajstić information content (AvgIpc) is 3.65. The van der Waals surface area contributed by atoms with Gasteiger partial charge in [0.1, 0.15) is 12.4 Å². The van der Waals surface area contributed by atoms with E-state index < -0.39 is 5.92 Å². The summed E-state index contributed by atoms with van der Waals surface area (Å²) in [6, 6.07) is 35.5. The summed E-state index contributed by atoms with van der Waals surface area (Å²) in [4.78, 5) is 40.7. The summed E-state index contributed by atoms with van der Waals surface area (Å²) in [5, 5.41) is 1.08. The van der Waals surface area contributed by atoms with Gasteiger partial charge in [0.15, 0.2) is 0 Å². The fourth-order valence-corrected chi connectivity index (χ4v) is 6.38. The molecule has 6 aromatic rings. The Kier molecular flexibility index (Phi) is 7.06. The fraction of sp³-hybridized carbons (Fsp3) is 0.162. The van der Waals surface area contributed by atoms with E-state index in [0.717, 1.165) is 44.9 Å². The number of benzene rings is 4. The molecule has 0 saturated heterocycles. The summed E-state index contributed by atoms with van der Waals surface area (Å²) in [6.45, 7) is 3.89. The largest absolute Gasteiger partial charge is 0.361 e. The predicted molar refractivity (Wildman–Crippen MR) is 175 cm³/mol. The number of carbonyl (C=O) groups is 2. The maximum Gasteiger partial charge on any atom is 0.247 e. The predicted octanol–water partition coefficient (Wildman–Crippen LogP) is 7.14. The van der Waals surface area contributed by atoms with Gasteiger partial charge in [-0.2, -0.15) is 0 Å². The van der Waals surface area contributed by atoms with Crippen LogP contribution >= 0.6 is 0 Å². The zero-order chi connectivity index (χ0) is 30.2. The minimum atomic E-state index is -0.580. The fourth-order valence-electron chi connectivity index (χ4n) is 6.38. The molecule has 0 saturated carbocycles. The van der Waals surface area contributed by atoms with E-state index in [1.807, 2.05) is 129 Å². The van der Waals surface area contributed by atoms with Crippen molar-refractivity contribution in [1.29, 1.82) is 0 Å². The number of hydrogen-bond acceptors (Lipinski definition) is 3. The van der Waals surface area contributed by atoms with Crippen LogP contribution in [0.2, 0.25) is 0 Å². The highest BCUT2D eigenvalue weighted by atomic mass is 16.2. The summed E-state index contributed by atoms with van der Waals surface area (Å²) in [5.74, 6) is -0.103. The lowest BCUT2D eigenvalue weighted by atomic mass is 9.94. The van der Waals surface area contributed by atoms with Gasteiger partial charge in [-0.25, -0.2) is 4.98 Å². The molecule has 7 nitrogen and oxygen atoms in total. The number of anilines is 2. The van der Waals surface area contributed by atoms with Gasteiger partial charge in [0.05, 0.1) is 29.2 Å². The molecule has 1 N–H and O–H groups in total. The van der Waals surface area contributed by atoms with Crippen molar-refractivity contribution in [2.45, 2.75) is 32.2 Å². The highest BCUT2D eigenvalue weighted by Gasteiger charge is 2.38. The maximum atomic E-state index is 14.8. The van der Waals surface area contributed by atoms with Crippen LogP contribution in [0.25, 0.3) is 28.0 Å². The molecule has 218 valence electrons. The first-order valence-corrected chi connectivity index (χ1v) is 15.0. The Labute approximate surface area is 256 Å². The van der Waals surface area contributed by atoms with Crippen LogP contribution in [0.4, 0.5) is 11.4 Å². The van der Waals surface area contributed by atoms with Crippen molar-refractivity contribution in [3.63, 3.8) is 0 Å². The number of rotatable bonds is 7. The summed E-state index contributed by atoms with van der Waals surface area (Å²) < 4.78 is 2.10. The molecule has 7 heteroatoms. The van der Waals surface area contributed by atoms with E-state index in [1.54, 1.807) is 9.80 Å². The molecule has 0 aliphatic carbocycles.